The summed E-state index contributed by atoms with van der Waals surface area (Å²) in [5.41, 5.74) is 0. The zero-order chi connectivity index (χ0) is 10.7. The Hall–Kier alpha value is -0.510. The van der Waals surface area contributed by atoms with E-state index < -0.39 is 0 Å². The van der Waals surface area contributed by atoms with Crippen molar-refractivity contribution in [1.82, 2.24) is 9.55 Å². The van der Waals surface area contributed by atoms with Crippen LogP contribution in [0.1, 0.15) is 19.8 Å². The molecule has 1 aromatic heterocycles. The molecule has 1 fully saturated rings. The summed E-state index contributed by atoms with van der Waals surface area (Å²) in [5, 5.41) is 1.12. The lowest BCUT2D eigenvalue weighted by atomic mass is 10.1. The summed E-state index contributed by atoms with van der Waals surface area (Å²) < 4.78 is 2.22. The molecule has 3 nitrogen and oxygen atoms in total. The smallest absolute Gasteiger partial charge is 0.205 e. The minimum atomic E-state index is 0.839. The molecule has 4 heteroatoms. The van der Waals surface area contributed by atoms with Gasteiger partial charge in [0.05, 0.1) is 0 Å². The Kier molecular flexibility index (Phi) is 3.67. The van der Waals surface area contributed by atoms with Crippen LogP contribution < -0.4 is 4.90 Å². The number of imidazole rings is 1. The number of anilines is 1. The molecule has 84 valence electrons. The van der Waals surface area contributed by atoms with E-state index in [4.69, 9.17) is 0 Å². The molecule has 0 radical (unpaired) electrons. The van der Waals surface area contributed by atoms with E-state index in [1.165, 1.54) is 19.4 Å². The lowest BCUT2D eigenvalue weighted by Crippen LogP contribution is -2.23. The molecule has 0 amide bonds. The Labute approximate surface area is 99.6 Å². The summed E-state index contributed by atoms with van der Waals surface area (Å²) in [6, 6.07) is 0. The summed E-state index contributed by atoms with van der Waals surface area (Å²) in [5.74, 6) is 1.99. The van der Waals surface area contributed by atoms with Crippen LogP contribution in [0.15, 0.2) is 12.4 Å². The fourth-order valence-electron chi connectivity index (χ4n) is 2.24. The lowest BCUT2D eigenvalue weighted by Gasteiger charge is -2.18. The molecule has 0 bridgehead atoms. The normalized spacial score (nSPS) is 21.2. The van der Waals surface area contributed by atoms with Crippen LogP contribution >= 0.6 is 15.9 Å². The van der Waals surface area contributed by atoms with E-state index in [-0.39, 0.29) is 0 Å². The molecular weight excluding hydrogens is 254 g/mol. The number of hydrogen-bond acceptors (Lipinski definition) is 2. The molecule has 0 saturated carbocycles. The fourth-order valence-corrected chi connectivity index (χ4v) is 2.88. The van der Waals surface area contributed by atoms with Crippen molar-refractivity contribution in [3.63, 3.8) is 0 Å². The molecule has 0 N–H and O–H groups in total. The topological polar surface area (TPSA) is 21.1 Å². The Morgan fingerprint density at radius 1 is 1.60 bits per heavy atom. The average Bonchev–Trinajstić information content (AvgIpc) is 2.84. The summed E-state index contributed by atoms with van der Waals surface area (Å²) >= 11 is 3.52. The molecular formula is C11H18BrN3. The molecule has 1 aromatic rings. The predicted octanol–water partition coefficient (Wildman–Crippen LogP) is 2.51. The van der Waals surface area contributed by atoms with Crippen molar-refractivity contribution >= 4 is 21.9 Å². The van der Waals surface area contributed by atoms with Gasteiger partial charge in [-0.15, -0.1) is 0 Å². The van der Waals surface area contributed by atoms with E-state index in [1.807, 2.05) is 6.20 Å². The van der Waals surface area contributed by atoms with Crippen molar-refractivity contribution in [2.45, 2.75) is 26.3 Å². The SMILES string of the molecule is CCn1ccnc1N1CCC(CCBr)C1. The van der Waals surface area contributed by atoms with Gasteiger partial charge in [0.15, 0.2) is 0 Å². The predicted molar refractivity (Wildman–Crippen MR) is 66.6 cm³/mol. The summed E-state index contributed by atoms with van der Waals surface area (Å²) in [4.78, 5) is 6.85. The minimum Gasteiger partial charge on any atom is -0.342 e. The first-order valence-electron chi connectivity index (χ1n) is 5.67. The summed E-state index contributed by atoms with van der Waals surface area (Å²) in [7, 11) is 0. The van der Waals surface area contributed by atoms with Gasteiger partial charge in [0.1, 0.15) is 0 Å². The van der Waals surface area contributed by atoms with Gasteiger partial charge >= 0.3 is 0 Å². The Morgan fingerprint density at radius 2 is 2.47 bits per heavy atom. The number of aromatic nitrogens is 2. The van der Waals surface area contributed by atoms with Crippen LogP contribution in [-0.4, -0.2) is 28.0 Å². The van der Waals surface area contributed by atoms with Crippen LogP contribution in [0.3, 0.4) is 0 Å². The second kappa shape index (κ2) is 5.01. The van der Waals surface area contributed by atoms with E-state index in [2.05, 4.69) is 43.5 Å². The number of nitrogens with zero attached hydrogens (tertiary/aromatic N) is 3. The molecule has 2 rings (SSSR count). The fraction of sp³-hybridized carbons (Fsp3) is 0.727. The average molecular weight is 272 g/mol. The number of rotatable bonds is 4. The third kappa shape index (κ3) is 2.36. The standard InChI is InChI=1S/C11H18BrN3/c1-2-14-8-6-13-11(14)15-7-4-10(9-15)3-5-12/h6,8,10H,2-5,7,9H2,1H3. The number of hydrogen-bond donors (Lipinski definition) is 0. The molecule has 1 saturated heterocycles. The van der Waals surface area contributed by atoms with Crippen molar-refractivity contribution in [3.8, 4) is 0 Å². The number of aryl methyl sites for hydroxylation is 1. The van der Waals surface area contributed by atoms with Crippen LogP contribution in [0, 0.1) is 5.92 Å². The molecule has 0 aromatic carbocycles. The van der Waals surface area contributed by atoms with Gasteiger partial charge in [-0.1, -0.05) is 15.9 Å². The van der Waals surface area contributed by atoms with Crippen molar-refractivity contribution in [2.24, 2.45) is 5.92 Å². The monoisotopic (exact) mass is 271 g/mol. The molecule has 15 heavy (non-hydrogen) atoms. The van der Waals surface area contributed by atoms with Crippen molar-refractivity contribution in [2.75, 3.05) is 23.3 Å². The van der Waals surface area contributed by atoms with Gasteiger partial charge in [0.25, 0.3) is 0 Å². The zero-order valence-corrected chi connectivity index (χ0v) is 10.8. The molecule has 2 heterocycles. The van der Waals surface area contributed by atoms with Crippen LogP contribution in [0.2, 0.25) is 0 Å². The molecule has 0 aliphatic carbocycles. The molecule has 1 aliphatic heterocycles. The van der Waals surface area contributed by atoms with Gasteiger partial charge in [-0.05, 0) is 25.7 Å². The minimum absolute atomic E-state index is 0.839. The third-order valence-electron chi connectivity index (χ3n) is 3.12. The van der Waals surface area contributed by atoms with Crippen LogP contribution in [0.5, 0.6) is 0 Å². The zero-order valence-electron chi connectivity index (χ0n) is 9.19. The quantitative estimate of drug-likeness (QED) is 0.785. The second-order valence-electron chi connectivity index (χ2n) is 4.09. The third-order valence-corrected chi connectivity index (χ3v) is 3.58. The van der Waals surface area contributed by atoms with Crippen molar-refractivity contribution in [1.29, 1.82) is 0 Å². The Bertz CT molecular complexity index is 311. The van der Waals surface area contributed by atoms with Gasteiger partial charge < -0.3 is 9.47 Å². The van der Waals surface area contributed by atoms with Gasteiger partial charge in [-0.3, -0.25) is 0 Å². The van der Waals surface area contributed by atoms with E-state index in [0.717, 1.165) is 30.3 Å². The maximum atomic E-state index is 4.44. The maximum Gasteiger partial charge on any atom is 0.205 e. The molecule has 1 aliphatic rings. The molecule has 1 atom stereocenters. The first-order valence-corrected chi connectivity index (χ1v) is 6.79. The van der Waals surface area contributed by atoms with Crippen LogP contribution in [-0.2, 0) is 6.54 Å². The number of halogens is 1. The first kappa shape index (κ1) is 11.0. The van der Waals surface area contributed by atoms with Gasteiger partial charge in [0.2, 0.25) is 5.95 Å². The Balaban J connectivity index is 2.01. The van der Waals surface area contributed by atoms with Gasteiger partial charge in [0, 0.05) is 37.4 Å². The van der Waals surface area contributed by atoms with Gasteiger partial charge in [-0.2, -0.15) is 0 Å². The van der Waals surface area contributed by atoms with Crippen molar-refractivity contribution < 1.29 is 0 Å². The van der Waals surface area contributed by atoms with Crippen molar-refractivity contribution in [3.05, 3.63) is 12.4 Å². The molecule has 0 spiro atoms. The largest absolute Gasteiger partial charge is 0.342 e. The van der Waals surface area contributed by atoms with Crippen LogP contribution in [0.4, 0.5) is 5.95 Å². The first-order chi connectivity index (χ1) is 7.35. The van der Waals surface area contributed by atoms with E-state index in [9.17, 15) is 0 Å². The summed E-state index contributed by atoms with van der Waals surface area (Å²) in [6.45, 7) is 5.50. The highest BCUT2D eigenvalue weighted by Gasteiger charge is 2.24. The lowest BCUT2D eigenvalue weighted by molar-refractivity contribution is 0.573. The van der Waals surface area contributed by atoms with E-state index in [1.54, 1.807) is 0 Å². The second-order valence-corrected chi connectivity index (χ2v) is 4.88. The van der Waals surface area contributed by atoms with Crippen LogP contribution in [0.25, 0.3) is 0 Å². The van der Waals surface area contributed by atoms with Gasteiger partial charge in [-0.25, -0.2) is 4.98 Å². The summed E-state index contributed by atoms with van der Waals surface area (Å²) in [6.07, 6.45) is 6.55. The highest BCUT2D eigenvalue weighted by Crippen LogP contribution is 2.24. The Morgan fingerprint density at radius 3 is 3.20 bits per heavy atom. The van der Waals surface area contributed by atoms with E-state index >= 15 is 0 Å². The maximum absolute atomic E-state index is 4.44. The molecule has 1 unspecified atom stereocenters. The number of alkyl halides is 1. The highest BCUT2D eigenvalue weighted by molar-refractivity contribution is 9.09. The van der Waals surface area contributed by atoms with E-state index in [0.29, 0.717) is 0 Å². The highest BCUT2D eigenvalue weighted by atomic mass is 79.9.